The first-order chi connectivity index (χ1) is 15.4. The van der Waals surface area contributed by atoms with Crippen molar-refractivity contribution in [2.45, 2.75) is 72.6 Å². The Labute approximate surface area is 196 Å². The zero-order chi connectivity index (χ0) is 22.9. The van der Waals surface area contributed by atoms with Crippen LogP contribution in [0.25, 0.3) is 0 Å². The van der Waals surface area contributed by atoms with E-state index >= 15 is 0 Å². The molecule has 4 aliphatic carbocycles. The van der Waals surface area contributed by atoms with Gasteiger partial charge in [-0.05, 0) is 91.3 Å². The number of allylic oxidation sites excluding steroid dienone is 9. The van der Waals surface area contributed by atoms with Crippen molar-refractivity contribution in [2.75, 3.05) is 14.2 Å². The second-order valence-corrected chi connectivity index (χ2v) is 11.3. The minimum absolute atomic E-state index is 0.241. The van der Waals surface area contributed by atoms with Gasteiger partial charge in [0.25, 0.3) is 0 Å². The van der Waals surface area contributed by atoms with Gasteiger partial charge in [-0.25, -0.2) is 0 Å². The van der Waals surface area contributed by atoms with Crippen LogP contribution in [0.15, 0.2) is 59.1 Å². The van der Waals surface area contributed by atoms with E-state index in [0.29, 0.717) is 29.6 Å². The van der Waals surface area contributed by atoms with Gasteiger partial charge in [0, 0.05) is 6.42 Å². The molecule has 7 unspecified atom stereocenters. The van der Waals surface area contributed by atoms with Gasteiger partial charge in [0.05, 0.1) is 20.0 Å². The van der Waals surface area contributed by atoms with E-state index in [-0.39, 0.29) is 5.41 Å². The van der Waals surface area contributed by atoms with Gasteiger partial charge in [-0.3, -0.25) is 0 Å². The van der Waals surface area contributed by atoms with Crippen LogP contribution < -0.4 is 0 Å². The van der Waals surface area contributed by atoms with E-state index < -0.39 is 0 Å². The number of fused-ring (bicyclic) bond motifs is 1. The van der Waals surface area contributed by atoms with Crippen molar-refractivity contribution >= 4 is 0 Å². The predicted molar refractivity (Wildman–Crippen MR) is 134 cm³/mol. The topological polar surface area (TPSA) is 18.5 Å². The van der Waals surface area contributed by atoms with Crippen LogP contribution in [0.2, 0.25) is 0 Å². The number of hydrogen-bond acceptors (Lipinski definition) is 2. The lowest BCUT2D eigenvalue weighted by Gasteiger charge is -2.53. The predicted octanol–water partition coefficient (Wildman–Crippen LogP) is 8.00. The zero-order valence-electron chi connectivity index (χ0n) is 21.2. The molecule has 0 amide bonds. The zero-order valence-corrected chi connectivity index (χ0v) is 21.2. The summed E-state index contributed by atoms with van der Waals surface area (Å²) in [4.78, 5) is 0. The SMILES string of the molecule is CCC1C(C2=CC=C(OC)CC2C)CC2(C)CC=C(OC)C=C2C1CC1CC=CC(C)C1. The smallest absolute Gasteiger partial charge is 0.114 e. The normalized spacial score (nSPS) is 39.3. The highest BCUT2D eigenvalue weighted by molar-refractivity contribution is 5.37. The summed E-state index contributed by atoms with van der Waals surface area (Å²) in [6.07, 6.45) is 22.8. The van der Waals surface area contributed by atoms with Crippen LogP contribution in [0, 0.1) is 40.9 Å². The molecule has 0 N–H and O–H groups in total. The van der Waals surface area contributed by atoms with Crippen LogP contribution in [0.4, 0.5) is 0 Å². The summed E-state index contributed by atoms with van der Waals surface area (Å²) in [5.41, 5.74) is 3.59. The van der Waals surface area contributed by atoms with Crippen LogP contribution >= 0.6 is 0 Å². The van der Waals surface area contributed by atoms with Gasteiger partial charge in [-0.15, -0.1) is 0 Å². The van der Waals surface area contributed by atoms with E-state index in [1.54, 1.807) is 11.1 Å². The Morgan fingerprint density at radius 1 is 1.12 bits per heavy atom. The first-order valence-corrected chi connectivity index (χ1v) is 13.0. The second-order valence-electron chi connectivity index (χ2n) is 11.3. The minimum Gasteiger partial charge on any atom is -0.501 e. The molecule has 2 heteroatoms. The molecule has 0 aliphatic heterocycles. The van der Waals surface area contributed by atoms with Crippen molar-refractivity contribution in [1.29, 1.82) is 0 Å². The maximum atomic E-state index is 5.73. The lowest BCUT2D eigenvalue weighted by Crippen LogP contribution is -2.43. The average molecular weight is 437 g/mol. The molecule has 176 valence electrons. The molecule has 1 fully saturated rings. The number of methoxy groups -OCH3 is 2. The Bertz CT molecular complexity index is 841. The van der Waals surface area contributed by atoms with E-state index in [2.05, 4.69) is 64.2 Å². The molecule has 0 heterocycles. The van der Waals surface area contributed by atoms with E-state index in [1.807, 2.05) is 14.2 Å². The molecule has 1 saturated carbocycles. The molecule has 7 atom stereocenters. The van der Waals surface area contributed by atoms with Crippen molar-refractivity contribution in [3.8, 4) is 0 Å². The van der Waals surface area contributed by atoms with Gasteiger partial charge in [-0.2, -0.15) is 0 Å². The number of hydrogen-bond donors (Lipinski definition) is 0. The summed E-state index contributed by atoms with van der Waals surface area (Å²) in [6, 6.07) is 0. The maximum Gasteiger partial charge on any atom is 0.114 e. The molecule has 0 aromatic carbocycles. The van der Waals surface area contributed by atoms with Crippen molar-refractivity contribution < 1.29 is 9.47 Å². The van der Waals surface area contributed by atoms with Crippen molar-refractivity contribution in [3.05, 3.63) is 59.1 Å². The minimum atomic E-state index is 0.241. The lowest BCUT2D eigenvalue weighted by molar-refractivity contribution is 0.0980. The van der Waals surface area contributed by atoms with Crippen LogP contribution in [-0.2, 0) is 9.47 Å². The molecule has 0 bridgehead atoms. The summed E-state index contributed by atoms with van der Waals surface area (Å²) in [5, 5.41) is 0. The lowest BCUT2D eigenvalue weighted by atomic mass is 9.52. The largest absolute Gasteiger partial charge is 0.501 e. The summed E-state index contributed by atoms with van der Waals surface area (Å²) >= 11 is 0. The fraction of sp³-hybridized carbons (Fsp3) is 0.667. The molecule has 2 nitrogen and oxygen atoms in total. The number of ether oxygens (including phenoxy) is 2. The molecular weight excluding hydrogens is 392 g/mol. The molecule has 32 heavy (non-hydrogen) atoms. The molecule has 0 aromatic heterocycles. The quantitative estimate of drug-likeness (QED) is 0.393. The molecule has 0 spiro atoms. The Hall–Kier alpha value is -1.70. The average Bonchev–Trinajstić information content (AvgIpc) is 2.78. The first kappa shape index (κ1) is 23.5. The maximum absolute atomic E-state index is 5.73. The third-order valence-electron chi connectivity index (χ3n) is 9.01. The molecule has 4 aliphatic rings. The van der Waals surface area contributed by atoms with Gasteiger partial charge in [0.1, 0.15) is 5.76 Å². The van der Waals surface area contributed by atoms with E-state index in [9.17, 15) is 0 Å². The van der Waals surface area contributed by atoms with Gasteiger partial charge >= 0.3 is 0 Å². The van der Waals surface area contributed by atoms with Crippen LogP contribution in [0.1, 0.15) is 72.6 Å². The van der Waals surface area contributed by atoms with E-state index in [4.69, 9.17) is 9.47 Å². The van der Waals surface area contributed by atoms with Crippen LogP contribution in [-0.4, -0.2) is 14.2 Å². The van der Waals surface area contributed by atoms with Crippen molar-refractivity contribution in [1.82, 2.24) is 0 Å². The van der Waals surface area contributed by atoms with Gasteiger partial charge in [0.2, 0.25) is 0 Å². The van der Waals surface area contributed by atoms with Crippen molar-refractivity contribution in [3.63, 3.8) is 0 Å². The molecule has 4 rings (SSSR count). The monoisotopic (exact) mass is 436 g/mol. The number of rotatable bonds is 6. The Morgan fingerprint density at radius 2 is 1.94 bits per heavy atom. The van der Waals surface area contributed by atoms with Crippen LogP contribution in [0.3, 0.4) is 0 Å². The Morgan fingerprint density at radius 3 is 2.59 bits per heavy atom. The summed E-state index contributed by atoms with van der Waals surface area (Å²) in [7, 11) is 3.63. The summed E-state index contributed by atoms with van der Waals surface area (Å²) in [6.45, 7) is 9.75. The Balaban J connectivity index is 1.71. The third kappa shape index (κ3) is 4.52. The third-order valence-corrected chi connectivity index (χ3v) is 9.01. The molecular formula is C30H44O2. The summed E-state index contributed by atoms with van der Waals surface area (Å²) in [5.74, 6) is 6.29. The highest BCUT2D eigenvalue weighted by Gasteiger charge is 2.49. The molecule has 0 radical (unpaired) electrons. The van der Waals surface area contributed by atoms with Crippen molar-refractivity contribution in [2.24, 2.45) is 40.9 Å². The second kappa shape index (κ2) is 9.65. The fourth-order valence-corrected chi connectivity index (χ4v) is 7.35. The molecule has 0 aromatic rings. The van der Waals surface area contributed by atoms with E-state index in [1.165, 1.54) is 32.1 Å². The van der Waals surface area contributed by atoms with Gasteiger partial charge < -0.3 is 9.47 Å². The first-order valence-electron chi connectivity index (χ1n) is 13.0. The standard InChI is InChI=1S/C30H44O2/c1-7-25-27(17-22-10-8-9-20(2)15-22)29-18-24(32-6)13-14-30(29,4)19-28(25)26-12-11-23(31-5)16-21(26)3/h8-9,11-13,18,20-22,25,27-28H,7,10,14-17,19H2,1-6H3. The fourth-order valence-electron chi connectivity index (χ4n) is 7.35. The van der Waals surface area contributed by atoms with E-state index in [0.717, 1.165) is 30.3 Å². The van der Waals surface area contributed by atoms with Gasteiger partial charge in [-0.1, -0.05) is 63.5 Å². The highest BCUT2D eigenvalue weighted by atomic mass is 16.5. The van der Waals surface area contributed by atoms with Gasteiger partial charge in [0.15, 0.2) is 0 Å². The van der Waals surface area contributed by atoms with Crippen LogP contribution in [0.5, 0.6) is 0 Å². The molecule has 0 saturated heterocycles. The highest BCUT2D eigenvalue weighted by Crippen LogP contribution is 2.59. The Kier molecular flexibility index (Phi) is 7.08. The summed E-state index contributed by atoms with van der Waals surface area (Å²) < 4.78 is 11.3.